The van der Waals surface area contributed by atoms with Crippen molar-refractivity contribution >= 4 is 38.6 Å². The van der Waals surface area contributed by atoms with E-state index in [2.05, 4.69) is 25.9 Å². The average molecular weight is 246 g/mol. The summed E-state index contributed by atoms with van der Waals surface area (Å²) in [5, 5.41) is 0.439. The van der Waals surface area contributed by atoms with Gasteiger partial charge in [0.15, 0.2) is 9.89 Å². The summed E-state index contributed by atoms with van der Waals surface area (Å²) in [7, 11) is 1.91. The number of hydrogen-bond donors (Lipinski definition) is 0. The van der Waals surface area contributed by atoms with Crippen molar-refractivity contribution in [3.8, 4) is 0 Å². The van der Waals surface area contributed by atoms with Crippen LogP contribution >= 0.6 is 27.5 Å². The molecule has 0 aliphatic carbocycles. The Hall–Kier alpha value is -0.610. The maximum absolute atomic E-state index is 5.83. The molecule has 0 unspecified atom stereocenters. The van der Waals surface area contributed by atoms with Crippen LogP contribution in [-0.4, -0.2) is 14.5 Å². The number of nitrogens with zero attached hydrogens (tertiary/aromatic N) is 3. The molecule has 2 aromatic heterocycles. The Morgan fingerprint density at radius 1 is 1.58 bits per heavy atom. The van der Waals surface area contributed by atoms with Gasteiger partial charge in [-0.3, -0.25) is 0 Å². The third-order valence-corrected chi connectivity index (χ3v) is 2.69. The molecule has 0 bridgehead atoms. The van der Waals surface area contributed by atoms with Gasteiger partial charge in [-0.25, -0.2) is 9.97 Å². The van der Waals surface area contributed by atoms with Crippen molar-refractivity contribution in [1.29, 1.82) is 0 Å². The van der Waals surface area contributed by atoms with Gasteiger partial charge >= 0.3 is 0 Å². The normalized spacial score (nSPS) is 10.9. The second-order valence-electron chi connectivity index (χ2n) is 2.41. The molecule has 2 heterocycles. The molecular formula is C7H5BrClN3. The molecule has 0 N–H and O–H groups in total. The van der Waals surface area contributed by atoms with Crippen LogP contribution in [0.5, 0.6) is 0 Å². The summed E-state index contributed by atoms with van der Waals surface area (Å²) < 4.78 is 2.66. The SMILES string of the molecule is Cn1c(Br)nc2c(Cl)nccc21. The second kappa shape index (κ2) is 2.71. The molecule has 0 fully saturated rings. The summed E-state index contributed by atoms with van der Waals surface area (Å²) in [5.74, 6) is 0. The number of fused-ring (bicyclic) bond motifs is 1. The molecule has 0 spiro atoms. The molecular weight excluding hydrogens is 241 g/mol. The van der Waals surface area contributed by atoms with Crippen LogP contribution in [0, 0.1) is 0 Å². The van der Waals surface area contributed by atoms with E-state index in [9.17, 15) is 0 Å². The Morgan fingerprint density at radius 3 is 3.00 bits per heavy atom. The van der Waals surface area contributed by atoms with Crippen LogP contribution in [0.2, 0.25) is 5.15 Å². The van der Waals surface area contributed by atoms with Crippen molar-refractivity contribution in [1.82, 2.24) is 14.5 Å². The first kappa shape index (κ1) is 8.01. The number of aromatic nitrogens is 3. The zero-order valence-corrected chi connectivity index (χ0v) is 8.59. The predicted octanol–water partition coefficient (Wildman–Crippen LogP) is 2.38. The zero-order valence-electron chi connectivity index (χ0n) is 6.25. The van der Waals surface area contributed by atoms with Crippen LogP contribution in [0.4, 0.5) is 0 Å². The monoisotopic (exact) mass is 245 g/mol. The number of halogens is 2. The smallest absolute Gasteiger partial charge is 0.177 e. The first-order valence-corrected chi connectivity index (χ1v) is 4.49. The highest BCUT2D eigenvalue weighted by atomic mass is 79.9. The second-order valence-corrected chi connectivity index (χ2v) is 3.48. The molecule has 3 nitrogen and oxygen atoms in total. The van der Waals surface area contributed by atoms with Crippen molar-refractivity contribution in [3.63, 3.8) is 0 Å². The molecule has 0 saturated carbocycles. The fourth-order valence-electron chi connectivity index (χ4n) is 1.06. The van der Waals surface area contributed by atoms with E-state index in [1.165, 1.54) is 0 Å². The molecule has 0 saturated heterocycles. The number of hydrogen-bond acceptors (Lipinski definition) is 2. The van der Waals surface area contributed by atoms with E-state index in [0.29, 0.717) is 5.15 Å². The van der Waals surface area contributed by atoms with Gasteiger partial charge in [-0.05, 0) is 22.0 Å². The Balaban J connectivity index is 2.95. The van der Waals surface area contributed by atoms with Gasteiger partial charge in [0.1, 0.15) is 5.52 Å². The van der Waals surface area contributed by atoms with Gasteiger partial charge in [0, 0.05) is 13.2 Å². The number of pyridine rings is 1. The van der Waals surface area contributed by atoms with E-state index < -0.39 is 0 Å². The number of imidazole rings is 1. The van der Waals surface area contributed by atoms with Crippen molar-refractivity contribution < 1.29 is 0 Å². The Bertz CT molecular complexity index is 437. The average Bonchev–Trinajstić information content (AvgIpc) is 2.32. The molecule has 0 amide bonds. The predicted molar refractivity (Wildman–Crippen MR) is 51.2 cm³/mol. The van der Waals surface area contributed by atoms with Crippen LogP contribution in [0.15, 0.2) is 17.0 Å². The highest BCUT2D eigenvalue weighted by Crippen LogP contribution is 2.22. The van der Waals surface area contributed by atoms with E-state index in [1.54, 1.807) is 6.20 Å². The highest BCUT2D eigenvalue weighted by molar-refractivity contribution is 9.10. The molecule has 2 rings (SSSR count). The summed E-state index contributed by atoms with van der Waals surface area (Å²) in [4.78, 5) is 8.13. The molecule has 0 aromatic carbocycles. The number of aryl methyl sites for hydroxylation is 1. The Labute approximate surface area is 82.5 Å². The molecule has 0 atom stereocenters. The van der Waals surface area contributed by atoms with E-state index in [4.69, 9.17) is 11.6 Å². The molecule has 5 heteroatoms. The molecule has 12 heavy (non-hydrogen) atoms. The van der Waals surface area contributed by atoms with Crippen molar-refractivity contribution in [2.75, 3.05) is 0 Å². The van der Waals surface area contributed by atoms with Gasteiger partial charge in [0.25, 0.3) is 0 Å². The van der Waals surface area contributed by atoms with Crippen molar-refractivity contribution in [2.45, 2.75) is 0 Å². The summed E-state index contributed by atoms with van der Waals surface area (Å²) in [6.07, 6.45) is 1.67. The van der Waals surface area contributed by atoms with Gasteiger partial charge in [-0.1, -0.05) is 11.6 Å². The lowest BCUT2D eigenvalue weighted by atomic mass is 10.4. The van der Waals surface area contributed by atoms with Gasteiger partial charge < -0.3 is 4.57 Å². The van der Waals surface area contributed by atoms with E-state index in [0.717, 1.165) is 15.8 Å². The Morgan fingerprint density at radius 2 is 2.33 bits per heavy atom. The van der Waals surface area contributed by atoms with Crippen molar-refractivity contribution in [2.24, 2.45) is 7.05 Å². The fourth-order valence-corrected chi connectivity index (χ4v) is 1.62. The van der Waals surface area contributed by atoms with Crippen molar-refractivity contribution in [3.05, 3.63) is 22.1 Å². The lowest BCUT2D eigenvalue weighted by Crippen LogP contribution is -1.86. The van der Waals surface area contributed by atoms with Crippen LogP contribution in [0.25, 0.3) is 11.0 Å². The third-order valence-electron chi connectivity index (χ3n) is 1.70. The fraction of sp³-hybridized carbons (Fsp3) is 0.143. The first-order chi connectivity index (χ1) is 5.70. The minimum atomic E-state index is 0.439. The molecule has 0 aliphatic heterocycles. The van der Waals surface area contributed by atoms with Crippen LogP contribution in [-0.2, 0) is 7.05 Å². The maximum Gasteiger partial charge on any atom is 0.177 e. The van der Waals surface area contributed by atoms with Gasteiger partial charge in [0.2, 0.25) is 0 Å². The highest BCUT2D eigenvalue weighted by Gasteiger charge is 2.07. The lowest BCUT2D eigenvalue weighted by Gasteiger charge is -1.93. The minimum Gasteiger partial charge on any atom is -0.322 e. The topological polar surface area (TPSA) is 30.7 Å². The van der Waals surface area contributed by atoms with Gasteiger partial charge in [0.05, 0.1) is 5.52 Å². The molecule has 0 aliphatic rings. The first-order valence-electron chi connectivity index (χ1n) is 3.32. The number of rotatable bonds is 0. The largest absolute Gasteiger partial charge is 0.322 e. The Kier molecular flexibility index (Phi) is 1.81. The molecule has 2 aromatic rings. The molecule has 62 valence electrons. The van der Waals surface area contributed by atoms with Gasteiger partial charge in [-0.15, -0.1) is 0 Å². The lowest BCUT2D eigenvalue weighted by molar-refractivity contribution is 0.912. The quantitative estimate of drug-likeness (QED) is 0.668. The van der Waals surface area contributed by atoms with E-state index in [-0.39, 0.29) is 0 Å². The standard InChI is InChI=1S/C7H5BrClN3/c1-12-4-2-3-10-6(9)5(4)11-7(12)8/h2-3H,1H3. The summed E-state index contributed by atoms with van der Waals surface area (Å²) >= 11 is 9.14. The minimum absolute atomic E-state index is 0.439. The van der Waals surface area contributed by atoms with E-state index in [1.807, 2.05) is 17.7 Å². The summed E-state index contributed by atoms with van der Waals surface area (Å²) in [5.41, 5.74) is 1.70. The van der Waals surface area contributed by atoms with E-state index >= 15 is 0 Å². The summed E-state index contributed by atoms with van der Waals surface area (Å²) in [6.45, 7) is 0. The third kappa shape index (κ3) is 1.03. The maximum atomic E-state index is 5.83. The summed E-state index contributed by atoms with van der Waals surface area (Å²) in [6, 6.07) is 1.87. The molecule has 0 radical (unpaired) electrons. The van der Waals surface area contributed by atoms with Gasteiger partial charge in [-0.2, -0.15) is 0 Å². The van der Waals surface area contributed by atoms with Crippen LogP contribution in [0.1, 0.15) is 0 Å². The zero-order chi connectivity index (χ0) is 8.72. The van der Waals surface area contributed by atoms with Crippen LogP contribution in [0.3, 0.4) is 0 Å². The van der Waals surface area contributed by atoms with Crippen LogP contribution < -0.4 is 0 Å².